The van der Waals surface area contributed by atoms with Crippen molar-refractivity contribution in [1.82, 2.24) is 19.9 Å². The number of carbonyl (C=O) groups excluding carboxylic acids is 1. The molecule has 0 aliphatic carbocycles. The minimum atomic E-state index is -0.574. The van der Waals surface area contributed by atoms with E-state index in [1.807, 2.05) is 12.1 Å². The number of nitro benzene ring substituents is 1. The molecule has 3 aromatic rings. The van der Waals surface area contributed by atoms with Crippen molar-refractivity contribution in [2.75, 3.05) is 0 Å². The van der Waals surface area contributed by atoms with Gasteiger partial charge in [-0.3, -0.25) is 19.3 Å². The third-order valence-corrected chi connectivity index (χ3v) is 3.51. The van der Waals surface area contributed by atoms with Crippen LogP contribution in [0, 0.1) is 10.1 Å². The Morgan fingerprint density at radius 3 is 2.87 bits per heavy atom. The van der Waals surface area contributed by atoms with Crippen LogP contribution in [0.25, 0.3) is 5.65 Å². The summed E-state index contributed by atoms with van der Waals surface area (Å²) in [6, 6.07) is 9.15. The Morgan fingerprint density at radius 1 is 1.30 bits per heavy atom. The van der Waals surface area contributed by atoms with E-state index >= 15 is 0 Å². The van der Waals surface area contributed by atoms with Crippen LogP contribution in [-0.2, 0) is 6.54 Å². The van der Waals surface area contributed by atoms with E-state index < -0.39 is 10.8 Å². The molecular formula is C14H10ClN5O3. The minimum Gasteiger partial charge on any atom is -0.345 e. The number of non-ortho nitro benzene ring substituents is 1. The monoisotopic (exact) mass is 331 g/mol. The summed E-state index contributed by atoms with van der Waals surface area (Å²) in [5.74, 6) is 0.115. The lowest BCUT2D eigenvalue weighted by Crippen LogP contribution is -2.24. The summed E-state index contributed by atoms with van der Waals surface area (Å²) in [5, 5.41) is 21.3. The number of rotatable bonds is 4. The van der Waals surface area contributed by atoms with E-state index in [4.69, 9.17) is 11.6 Å². The minimum absolute atomic E-state index is 0.0165. The van der Waals surface area contributed by atoms with Gasteiger partial charge in [-0.25, -0.2) is 0 Å². The van der Waals surface area contributed by atoms with Gasteiger partial charge in [0, 0.05) is 18.3 Å². The summed E-state index contributed by atoms with van der Waals surface area (Å²) < 4.78 is 1.75. The summed E-state index contributed by atoms with van der Waals surface area (Å²) >= 11 is 5.93. The topological polar surface area (TPSA) is 102 Å². The Kier molecular flexibility index (Phi) is 3.90. The van der Waals surface area contributed by atoms with Crippen LogP contribution >= 0.6 is 11.6 Å². The lowest BCUT2D eigenvalue weighted by atomic mass is 10.2. The molecule has 0 saturated heterocycles. The number of hydrogen-bond acceptors (Lipinski definition) is 5. The first-order chi connectivity index (χ1) is 11.1. The molecular weight excluding hydrogens is 322 g/mol. The number of halogens is 1. The molecule has 1 N–H and O–H groups in total. The Morgan fingerprint density at radius 2 is 2.13 bits per heavy atom. The number of amides is 1. The van der Waals surface area contributed by atoms with Crippen LogP contribution in [0.3, 0.4) is 0 Å². The molecule has 8 nitrogen and oxygen atoms in total. The molecule has 0 bridgehead atoms. The first-order valence-electron chi connectivity index (χ1n) is 6.57. The predicted molar refractivity (Wildman–Crippen MR) is 82.3 cm³/mol. The average Bonchev–Trinajstić information content (AvgIpc) is 2.95. The number of pyridine rings is 1. The molecule has 23 heavy (non-hydrogen) atoms. The highest BCUT2D eigenvalue weighted by molar-refractivity contribution is 6.34. The first-order valence-corrected chi connectivity index (χ1v) is 6.95. The predicted octanol–water partition coefficient (Wildman–Crippen LogP) is 2.22. The molecule has 2 aromatic heterocycles. The molecule has 0 saturated carbocycles. The second-order valence-electron chi connectivity index (χ2n) is 4.65. The van der Waals surface area contributed by atoms with Gasteiger partial charge in [-0.2, -0.15) is 0 Å². The van der Waals surface area contributed by atoms with Gasteiger partial charge in [0.15, 0.2) is 11.5 Å². The standard InChI is InChI=1S/C14H10ClN5O3/c15-11-7-9(20(22)23)4-5-10(11)14(21)16-8-13-18-17-12-3-1-2-6-19(12)13/h1-7H,8H2,(H,16,21). The Labute approximate surface area is 134 Å². The summed E-state index contributed by atoms with van der Waals surface area (Å²) in [7, 11) is 0. The maximum absolute atomic E-state index is 12.2. The molecule has 0 aliphatic rings. The van der Waals surface area contributed by atoms with Gasteiger partial charge in [-0.15, -0.1) is 10.2 Å². The SMILES string of the molecule is O=C(NCc1nnc2ccccn12)c1ccc([N+](=O)[O-])cc1Cl. The Balaban J connectivity index is 1.76. The van der Waals surface area contributed by atoms with E-state index in [1.54, 1.807) is 16.7 Å². The smallest absolute Gasteiger partial charge is 0.270 e. The lowest BCUT2D eigenvalue weighted by molar-refractivity contribution is -0.384. The van der Waals surface area contributed by atoms with Crippen molar-refractivity contribution in [3.05, 3.63) is 69.1 Å². The molecule has 0 atom stereocenters. The fraction of sp³-hybridized carbons (Fsp3) is 0.0714. The van der Waals surface area contributed by atoms with Crippen molar-refractivity contribution in [2.24, 2.45) is 0 Å². The van der Waals surface area contributed by atoms with Crippen molar-refractivity contribution in [3.63, 3.8) is 0 Å². The molecule has 0 unspecified atom stereocenters. The first kappa shape index (κ1) is 14.9. The van der Waals surface area contributed by atoms with Crippen molar-refractivity contribution in [1.29, 1.82) is 0 Å². The van der Waals surface area contributed by atoms with Crippen molar-refractivity contribution < 1.29 is 9.72 Å². The van der Waals surface area contributed by atoms with Gasteiger partial charge >= 0.3 is 0 Å². The van der Waals surface area contributed by atoms with Crippen LogP contribution in [-0.4, -0.2) is 25.4 Å². The second-order valence-corrected chi connectivity index (χ2v) is 5.06. The van der Waals surface area contributed by atoms with Crippen LogP contribution < -0.4 is 5.32 Å². The van der Waals surface area contributed by atoms with Gasteiger partial charge in [0.2, 0.25) is 0 Å². The van der Waals surface area contributed by atoms with Crippen LogP contribution in [0.2, 0.25) is 5.02 Å². The van der Waals surface area contributed by atoms with E-state index in [-0.39, 0.29) is 22.8 Å². The van der Waals surface area contributed by atoms with Crippen LogP contribution in [0.1, 0.15) is 16.2 Å². The van der Waals surface area contributed by atoms with Crippen LogP contribution in [0.4, 0.5) is 5.69 Å². The molecule has 0 radical (unpaired) electrons. The van der Waals surface area contributed by atoms with E-state index in [2.05, 4.69) is 15.5 Å². The molecule has 9 heteroatoms. The highest BCUT2D eigenvalue weighted by Gasteiger charge is 2.15. The maximum Gasteiger partial charge on any atom is 0.270 e. The zero-order valence-electron chi connectivity index (χ0n) is 11.6. The van der Waals surface area contributed by atoms with Gasteiger partial charge in [-0.1, -0.05) is 17.7 Å². The largest absolute Gasteiger partial charge is 0.345 e. The quantitative estimate of drug-likeness (QED) is 0.583. The third kappa shape index (κ3) is 2.97. The fourth-order valence-electron chi connectivity index (χ4n) is 2.07. The number of hydrogen-bond donors (Lipinski definition) is 1. The molecule has 3 rings (SSSR count). The summed E-state index contributed by atoms with van der Waals surface area (Å²) in [5.41, 5.74) is 0.659. The molecule has 1 aromatic carbocycles. The third-order valence-electron chi connectivity index (χ3n) is 3.20. The number of nitrogens with zero attached hydrogens (tertiary/aromatic N) is 4. The Hall–Kier alpha value is -3.00. The number of nitrogens with one attached hydrogen (secondary N) is 1. The summed E-state index contributed by atoms with van der Waals surface area (Å²) in [6.07, 6.45) is 1.79. The maximum atomic E-state index is 12.2. The number of carbonyl (C=O) groups is 1. The molecule has 2 heterocycles. The molecule has 0 spiro atoms. The van der Waals surface area contributed by atoms with Crippen molar-refractivity contribution >= 4 is 28.8 Å². The molecule has 116 valence electrons. The molecule has 0 fully saturated rings. The zero-order chi connectivity index (χ0) is 16.4. The number of aromatic nitrogens is 3. The highest BCUT2D eigenvalue weighted by Crippen LogP contribution is 2.22. The number of benzene rings is 1. The van der Waals surface area contributed by atoms with Gasteiger partial charge in [-0.05, 0) is 18.2 Å². The van der Waals surface area contributed by atoms with Crippen molar-refractivity contribution in [3.8, 4) is 0 Å². The van der Waals surface area contributed by atoms with E-state index in [1.165, 1.54) is 12.1 Å². The molecule has 1 amide bonds. The van der Waals surface area contributed by atoms with Crippen LogP contribution in [0.5, 0.6) is 0 Å². The lowest BCUT2D eigenvalue weighted by Gasteiger charge is -2.06. The van der Waals surface area contributed by atoms with Crippen molar-refractivity contribution in [2.45, 2.75) is 6.54 Å². The van der Waals surface area contributed by atoms with Gasteiger partial charge < -0.3 is 5.32 Å². The second kappa shape index (κ2) is 6.01. The highest BCUT2D eigenvalue weighted by atomic mass is 35.5. The Bertz CT molecular complexity index is 908. The molecule has 0 aliphatic heterocycles. The summed E-state index contributed by atoms with van der Waals surface area (Å²) in [6.45, 7) is 0.150. The van der Waals surface area contributed by atoms with E-state index in [0.717, 1.165) is 6.07 Å². The van der Waals surface area contributed by atoms with Crippen LogP contribution in [0.15, 0.2) is 42.6 Å². The zero-order valence-corrected chi connectivity index (χ0v) is 12.4. The average molecular weight is 332 g/mol. The number of nitro groups is 1. The summed E-state index contributed by atoms with van der Waals surface area (Å²) in [4.78, 5) is 22.2. The van der Waals surface area contributed by atoms with Gasteiger partial charge in [0.1, 0.15) is 0 Å². The van der Waals surface area contributed by atoms with Gasteiger partial charge in [0.05, 0.1) is 22.1 Å². The van der Waals surface area contributed by atoms with Gasteiger partial charge in [0.25, 0.3) is 11.6 Å². The fourth-order valence-corrected chi connectivity index (χ4v) is 2.33. The van der Waals surface area contributed by atoms with E-state index in [0.29, 0.717) is 11.5 Å². The van der Waals surface area contributed by atoms with E-state index in [9.17, 15) is 14.9 Å². The normalized spacial score (nSPS) is 10.7. The number of fused-ring (bicyclic) bond motifs is 1.